The molecule has 1 aliphatic rings. The topological polar surface area (TPSA) is 58.2 Å². The van der Waals surface area contributed by atoms with Gasteiger partial charge in [0.2, 0.25) is 5.91 Å². The molecule has 1 aromatic carbocycles. The van der Waals surface area contributed by atoms with E-state index in [4.69, 9.17) is 0 Å². The number of rotatable bonds is 8. The second-order valence-corrected chi connectivity index (χ2v) is 6.81. The number of Topliss-reactive ketones (excluding diaryl/α,β-unsaturated/α-hetero) is 1. The molecule has 25 heavy (non-hydrogen) atoms. The molecule has 0 spiro atoms. The first kappa shape index (κ1) is 21.4. The predicted molar refractivity (Wildman–Crippen MR) is 104 cm³/mol. The molecule has 0 saturated carbocycles. The minimum Gasteiger partial charge on any atom is -0.352 e. The Bertz CT molecular complexity index is 594. The fourth-order valence-electron chi connectivity index (χ4n) is 2.80. The van der Waals surface area contributed by atoms with Gasteiger partial charge in [0.05, 0.1) is 0 Å². The molecule has 2 rings (SSSR count). The lowest BCUT2D eigenvalue weighted by atomic mass is 9.99. The van der Waals surface area contributed by atoms with Crippen molar-refractivity contribution in [1.82, 2.24) is 10.6 Å². The Kier molecular flexibility index (Phi) is 9.46. The van der Waals surface area contributed by atoms with E-state index >= 15 is 0 Å². The van der Waals surface area contributed by atoms with Gasteiger partial charge in [-0.05, 0) is 30.9 Å². The van der Waals surface area contributed by atoms with E-state index in [-0.39, 0.29) is 36.9 Å². The zero-order valence-corrected chi connectivity index (χ0v) is 16.0. The monoisotopic (exact) mass is 364 g/mol. The standard InChI is InChI=1S/C20H28N2O2.ClH/c1-15(2)13-16-3-5-18(6-4-16)19(23)7-8-20(24)22-14-17-9-11-21-12-10-17;/h3-6,9,15,21H,7-8,10-14H2,1-2H3,(H,22,24);1H. The summed E-state index contributed by atoms with van der Waals surface area (Å²) in [6.07, 6.45) is 4.62. The van der Waals surface area contributed by atoms with Crippen LogP contribution >= 0.6 is 12.4 Å². The molecular weight excluding hydrogens is 336 g/mol. The molecule has 1 heterocycles. The summed E-state index contributed by atoms with van der Waals surface area (Å²) >= 11 is 0. The molecule has 138 valence electrons. The molecule has 0 aliphatic carbocycles. The summed E-state index contributed by atoms with van der Waals surface area (Å²) in [5.74, 6) is 0.576. The van der Waals surface area contributed by atoms with Crippen molar-refractivity contribution in [2.24, 2.45) is 5.92 Å². The highest BCUT2D eigenvalue weighted by molar-refractivity contribution is 5.98. The molecule has 0 radical (unpaired) electrons. The van der Waals surface area contributed by atoms with Gasteiger partial charge in [0.15, 0.2) is 5.78 Å². The summed E-state index contributed by atoms with van der Waals surface area (Å²) in [6, 6.07) is 7.77. The third-order valence-electron chi connectivity index (χ3n) is 4.17. The number of carbonyl (C=O) groups excluding carboxylic acids is 2. The van der Waals surface area contributed by atoms with E-state index in [1.54, 1.807) is 0 Å². The zero-order valence-electron chi connectivity index (χ0n) is 15.1. The van der Waals surface area contributed by atoms with Crippen molar-refractivity contribution in [3.63, 3.8) is 0 Å². The predicted octanol–water partition coefficient (Wildman–Crippen LogP) is 3.31. The average Bonchev–Trinajstić information content (AvgIpc) is 2.59. The van der Waals surface area contributed by atoms with Gasteiger partial charge in [-0.15, -0.1) is 12.4 Å². The van der Waals surface area contributed by atoms with Crippen LogP contribution in [0.2, 0.25) is 0 Å². The van der Waals surface area contributed by atoms with E-state index in [1.807, 2.05) is 24.3 Å². The van der Waals surface area contributed by atoms with Gasteiger partial charge in [-0.3, -0.25) is 9.59 Å². The number of ketones is 1. The molecule has 5 heteroatoms. The summed E-state index contributed by atoms with van der Waals surface area (Å²) in [4.78, 5) is 24.1. The summed E-state index contributed by atoms with van der Waals surface area (Å²) < 4.78 is 0. The van der Waals surface area contributed by atoms with Crippen molar-refractivity contribution in [3.8, 4) is 0 Å². The summed E-state index contributed by atoms with van der Waals surface area (Å²) in [6.45, 7) is 6.79. The highest BCUT2D eigenvalue weighted by Gasteiger charge is 2.10. The zero-order chi connectivity index (χ0) is 17.4. The van der Waals surface area contributed by atoms with Crippen LogP contribution in [0.15, 0.2) is 35.9 Å². The number of carbonyl (C=O) groups is 2. The lowest BCUT2D eigenvalue weighted by Crippen LogP contribution is -2.29. The van der Waals surface area contributed by atoms with Crippen LogP contribution in [0, 0.1) is 5.92 Å². The van der Waals surface area contributed by atoms with E-state index < -0.39 is 0 Å². The molecule has 1 aromatic rings. The molecule has 1 amide bonds. The largest absolute Gasteiger partial charge is 0.352 e. The number of halogens is 1. The summed E-state index contributed by atoms with van der Waals surface area (Å²) in [7, 11) is 0. The smallest absolute Gasteiger partial charge is 0.220 e. The highest BCUT2D eigenvalue weighted by atomic mass is 35.5. The summed E-state index contributed by atoms with van der Waals surface area (Å²) in [5.41, 5.74) is 3.19. The first-order valence-corrected chi connectivity index (χ1v) is 8.82. The SMILES string of the molecule is CC(C)Cc1ccc(C(=O)CCC(=O)NCC2=CCNCC2)cc1.Cl. The van der Waals surface area contributed by atoms with Crippen molar-refractivity contribution in [1.29, 1.82) is 0 Å². The lowest BCUT2D eigenvalue weighted by Gasteiger charge is -2.14. The van der Waals surface area contributed by atoms with Gasteiger partial charge in [0.25, 0.3) is 0 Å². The molecule has 0 atom stereocenters. The van der Waals surface area contributed by atoms with Crippen molar-refractivity contribution in [3.05, 3.63) is 47.0 Å². The quantitative estimate of drug-likeness (QED) is 0.549. The van der Waals surface area contributed by atoms with Crippen molar-refractivity contribution < 1.29 is 9.59 Å². The van der Waals surface area contributed by atoms with Gasteiger partial charge in [0, 0.05) is 31.5 Å². The number of benzene rings is 1. The Labute approximate surface area is 156 Å². The van der Waals surface area contributed by atoms with E-state index in [1.165, 1.54) is 11.1 Å². The number of hydrogen-bond acceptors (Lipinski definition) is 3. The van der Waals surface area contributed by atoms with Crippen LogP contribution in [-0.4, -0.2) is 31.3 Å². The molecule has 0 bridgehead atoms. The van der Waals surface area contributed by atoms with E-state index in [0.29, 0.717) is 18.0 Å². The summed E-state index contributed by atoms with van der Waals surface area (Å²) in [5, 5.41) is 6.14. The number of nitrogens with one attached hydrogen (secondary N) is 2. The molecule has 4 nitrogen and oxygen atoms in total. The Hall–Kier alpha value is -1.65. The fourth-order valence-corrected chi connectivity index (χ4v) is 2.80. The Morgan fingerprint density at radius 3 is 2.48 bits per heavy atom. The van der Waals surface area contributed by atoms with Crippen LogP contribution in [0.25, 0.3) is 0 Å². The maximum absolute atomic E-state index is 12.2. The van der Waals surface area contributed by atoms with Crippen LogP contribution in [0.1, 0.15) is 49.0 Å². The maximum Gasteiger partial charge on any atom is 0.220 e. The minimum absolute atomic E-state index is 0. The van der Waals surface area contributed by atoms with E-state index in [2.05, 4.69) is 30.6 Å². The van der Waals surface area contributed by atoms with Crippen molar-refractivity contribution >= 4 is 24.1 Å². The van der Waals surface area contributed by atoms with Crippen molar-refractivity contribution in [2.75, 3.05) is 19.6 Å². The van der Waals surface area contributed by atoms with Crippen LogP contribution in [0.4, 0.5) is 0 Å². The van der Waals surface area contributed by atoms with Gasteiger partial charge in [-0.25, -0.2) is 0 Å². The second kappa shape index (κ2) is 11.1. The first-order chi connectivity index (χ1) is 11.5. The fraction of sp³-hybridized carbons (Fsp3) is 0.500. The number of amides is 1. The van der Waals surface area contributed by atoms with E-state index in [9.17, 15) is 9.59 Å². The minimum atomic E-state index is -0.0563. The Morgan fingerprint density at radius 1 is 1.16 bits per heavy atom. The van der Waals surface area contributed by atoms with Gasteiger partial charge < -0.3 is 10.6 Å². The molecule has 0 fully saturated rings. The van der Waals surface area contributed by atoms with Crippen LogP contribution in [0.5, 0.6) is 0 Å². The van der Waals surface area contributed by atoms with Gasteiger partial charge in [0.1, 0.15) is 0 Å². The van der Waals surface area contributed by atoms with Gasteiger partial charge >= 0.3 is 0 Å². The molecule has 0 aromatic heterocycles. The third-order valence-corrected chi connectivity index (χ3v) is 4.17. The first-order valence-electron chi connectivity index (χ1n) is 8.82. The normalized spacial score (nSPS) is 13.8. The molecular formula is C20H29ClN2O2. The lowest BCUT2D eigenvalue weighted by molar-refractivity contribution is -0.120. The Morgan fingerprint density at radius 2 is 1.88 bits per heavy atom. The third kappa shape index (κ3) is 7.84. The Balaban J connectivity index is 0.00000312. The molecule has 2 N–H and O–H groups in total. The average molecular weight is 365 g/mol. The van der Waals surface area contributed by atoms with Crippen LogP contribution in [-0.2, 0) is 11.2 Å². The molecule has 0 saturated heterocycles. The maximum atomic E-state index is 12.2. The highest BCUT2D eigenvalue weighted by Crippen LogP contribution is 2.12. The second-order valence-electron chi connectivity index (χ2n) is 6.81. The van der Waals surface area contributed by atoms with Crippen molar-refractivity contribution in [2.45, 2.75) is 39.5 Å². The van der Waals surface area contributed by atoms with E-state index in [0.717, 1.165) is 25.9 Å². The molecule has 1 aliphatic heterocycles. The number of hydrogen-bond donors (Lipinski definition) is 2. The van der Waals surface area contributed by atoms with Gasteiger partial charge in [-0.1, -0.05) is 49.8 Å². The van der Waals surface area contributed by atoms with Crippen LogP contribution in [0.3, 0.4) is 0 Å². The molecule has 0 unspecified atom stereocenters. The van der Waals surface area contributed by atoms with Crippen LogP contribution < -0.4 is 10.6 Å². The van der Waals surface area contributed by atoms with Gasteiger partial charge in [-0.2, -0.15) is 0 Å².